The number of esters is 1. The van der Waals surface area contributed by atoms with Crippen LogP contribution in [-0.4, -0.2) is 36.1 Å². The van der Waals surface area contributed by atoms with Gasteiger partial charge in [-0.25, -0.2) is 0 Å². The number of ether oxygens (including phenoxy) is 1. The molecule has 0 aromatic heterocycles. The summed E-state index contributed by atoms with van der Waals surface area (Å²) in [5.74, 6) is -0.479. The fraction of sp³-hybridized carbons (Fsp3) is 0.571. The Hall–Kier alpha value is -0.693. The zero-order chi connectivity index (χ0) is 10.5. The summed E-state index contributed by atoms with van der Waals surface area (Å²) in [6.45, 7) is 4.79. The Morgan fingerprint density at radius 2 is 1.54 bits per heavy atom. The van der Waals surface area contributed by atoms with Gasteiger partial charge in [0.2, 0.25) is 0 Å². The van der Waals surface area contributed by atoms with Gasteiger partial charge in [0, 0.05) is 28.3 Å². The van der Waals surface area contributed by atoms with E-state index in [1.54, 1.807) is 0 Å². The first-order chi connectivity index (χ1) is 6.02. The number of rotatable bonds is 5. The van der Waals surface area contributed by atoms with E-state index in [0.717, 1.165) is 0 Å². The second kappa shape index (κ2) is 5.13. The normalized spacial score (nSPS) is 11.1. The summed E-state index contributed by atoms with van der Waals surface area (Å²) in [5, 5.41) is 0.0903. The van der Waals surface area contributed by atoms with Gasteiger partial charge in [0.05, 0.1) is 0 Å². The highest BCUT2D eigenvalue weighted by Crippen LogP contribution is 2.16. The third-order valence-electron chi connectivity index (χ3n) is 1.41. The van der Waals surface area contributed by atoms with Crippen LogP contribution in [0.2, 0.25) is 0 Å². The number of hydrogen-bond donors (Lipinski definition) is 0. The molecule has 0 saturated heterocycles. The van der Waals surface area contributed by atoms with Crippen LogP contribution in [0.1, 0.15) is 6.92 Å². The molecule has 76 valence electrons. The molecule has 0 atom stereocenters. The predicted octanol–water partition coefficient (Wildman–Crippen LogP) is 0.480. The molecule has 0 aromatic rings. The highest BCUT2D eigenvalue weighted by molar-refractivity contribution is 6.68. The van der Waals surface area contributed by atoms with Crippen molar-refractivity contribution in [2.24, 2.45) is 0 Å². The molecule has 6 heteroatoms. The van der Waals surface area contributed by atoms with Crippen LogP contribution in [0.15, 0.2) is 12.0 Å². The van der Waals surface area contributed by atoms with Crippen molar-refractivity contribution >= 4 is 14.8 Å². The van der Waals surface area contributed by atoms with Gasteiger partial charge in [-0.1, -0.05) is 6.58 Å². The SMILES string of the molecule is C=C(OC(C)=O)[Si](OC)(OC)OC. The van der Waals surface area contributed by atoms with E-state index < -0.39 is 14.8 Å². The van der Waals surface area contributed by atoms with Gasteiger partial charge in [-0.3, -0.25) is 4.79 Å². The number of carbonyl (C=O) groups is 1. The summed E-state index contributed by atoms with van der Waals surface area (Å²) in [5.41, 5.74) is 0. The zero-order valence-electron chi connectivity index (χ0n) is 8.25. The lowest BCUT2D eigenvalue weighted by Crippen LogP contribution is -2.46. The fourth-order valence-electron chi connectivity index (χ4n) is 0.828. The lowest BCUT2D eigenvalue weighted by Gasteiger charge is -2.24. The molecule has 0 radical (unpaired) electrons. The van der Waals surface area contributed by atoms with E-state index in [1.807, 2.05) is 0 Å². The Bertz CT molecular complexity index is 191. The first-order valence-corrected chi connectivity index (χ1v) is 5.28. The highest BCUT2D eigenvalue weighted by Gasteiger charge is 2.45. The Kier molecular flexibility index (Phi) is 4.85. The lowest BCUT2D eigenvalue weighted by atomic mass is 10.8. The summed E-state index contributed by atoms with van der Waals surface area (Å²) in [6, 6.07) is 0. The van der Waals surface area contributed by atoms with Crippen LogP contribution in [0.5, 0.6) is 0 Å². The Morgan fingerprint density at radius 1 is 1.15 bits per heavy atom. The lowest BCUT2D eigenvalue weighted by molar-refractivity contribution is -0.136. The molecular formula is C7H14O5Si. The largest absolute Gasteiger partial charge is 0.573 e. The molecule has 0 heterocycles. The smallest absolute Gasteiger partial charge is 0.429 e. The molecule has 0 aliphatic carbocycles. The molecule has 0 saturated carbocycles. The fourth-order valence-corrected chi connectivity index (χ4v) is 2.28. The Morgan fingerprint density at radius 3 is 1.77 bits per heavy atom. The zero-order valence-corrected chi connectivity index (χ0v) is 9.25. The van der Waals surface area contributed by atoms with E-state index in [4.69, 9.17) is 18.0 Å². The van der Waals surface area contributed by atoms with Gasteiger partial charge in [-0.05, 0) is 0 Å². The molecule has 0 fully saturated rings. The first-order valence-electron chi connectivity index (χ1n) is 3.55. The second-order valence-corrected chi connectivity index (χ2v) is 5.08. The van der Waals surface area contributed by atoms with Crippen molar-refractivity contribution in [3.05, 3.63) is 12.0 Å². The van der Waals surface area contributed by atoms with Crippen molar-refractivity contribution in [3.8, 4) is 0 Å². The first kappa shape index (κ1) is 12.3. The third kappa shape index (κ3) is 2.92. The molecular weight excluding hydrogens is 192 g/mol. The van der Waals surface area contributed by atoms with Crippen molar-refractivity contribution in [2.75, 3.05) is 21.3 Å². The van der Waals surface area contributed by atoms with Gasteiger partial charge in [0.25, 0.3) is 0 Å². The molecule has 0 aromatic carbocycles. The van der Waals surface area contributed by atoms with Crippen molar-refractivity contribution in [2.45, 2.75) is 6.92 Å². The van der Waals surface area contributed by atoms with Gasteiger partial charge in [-0.15, -0.1) is 0 Å². The molecule has 0 unspecified atom stereocenters. The van der Waals surface area contributed by atoms with Gasteiger partial charge >= 0.3 is 14.8 Å². The second-order valence-electron chi connectivity index (χ2n) is 2.19. The quantitative estimate of drug-likeness (QED) is 0.372. The van der Waals surface area contributed by atoms with Gasteiger partial charge in [0.15, 0.2) is 5.38 Å². The van der Waals surface area contributed by atoms with E-state index in [1.165, 1.54) is 28.3 Å². The average molecular weight is 206 g/mol. The maximum atomic E-state index is 10.6. The van der Waals surface area contributed by atoms with Crippen molar-refractivity contribution in [1.82, 2.24) is 0 Å². The van der Waals surface area contributed by atoms with E-state index in [0.29, 0.717) is 0 Å². The van der Waals surface area contributed by atoms with Crippen LogP contribution in [0.3, 0.4) is 0 Å². The van der Waals surface area contributed by atoms with Crippen molar-refractivity contribution < 1.29 is 22.8 Å². The van der Waals surface area contributed by atoms with E-state index in [-0.39, 0.29) is 5.38 Å². The number of hydrogen-bond acceptors (Lipinski definition) is 5. The maximum Gasteiger partial charge on any atom is 0.573 e. The van der Waals surface area contributed by atoms with Gasteiger partial charge in [0.1, 0.15) is 0 Å². The standard InChI is InChI=1S/C7H14O5Si/c1-6(8)12-7(2)13(9-3,10-4)11-5/h2H2,1,3-5H3. The molecule has 13 heavy (non-hydrogen) atoms. The molecule has 0 aliphatic rings. The predicted molar refractivity (Wildman–Crippen MR) is 47.7 cm³/mol. The Balaban J connectivity index is 4.53. The summed E-state index contributed by atoms with van der Waals surface area (Å²) in [6.07, 6.45) is 0. The summed E-state index contributed by atoms with van der Waals surface area (Å²) in [4.78, 5) is 10.6. The third-order valence-corrected chi connectivity index (χ3v) is 3.81. The summed E-state index contributed by atoms with van der Waals surface area (Å²) < 4.78 is 19.8. The highest BCUT2D eigenvalue weighted by atomic mass is 28.4. The molecule has 0 N–H and O–H groups in total. The number of carbonyl (C=O) groups excluding carboxylic acids is 1. The molecule has 5 nitrogen and oxygen atoms in total. The van der Waals surface area contributed by atoms with Gasteiger partial charge < -0.3 is 18.0 Å². The Labute approximate surface area is 78.6 Å². The van der Waals surface area contributed by atoms with Crippen LogP contribution < -0.4 is 0 Å². The van der Waals surface area contributed by atoms with E-state index in [9.17, 15) is 4.79 Å². The van der Waals surface area contributed by atoms with Crippen LogP contribution >= 0.6 is 0 Å². The van der Waals surface area contributed by atoms with Crippen LogP contribution in [0.25, 0.3) is 0 Å². The van der Waals surface area contributed by atoms with E-state index >= 15 is 0 Å². The molecule has 0 rings (SSSR count). The maximum absolute atomic E-state index is 10.6. The average Bonchev–Trinajstić information content (AvgIpc) is 2.07. The molecule has 0 amide bonds. The summed E-state index contributed by atoms with van der Waals surface area (Å²) >= 11 is 0. The summed E-state index contributed by atoms with van der Waals surface area (Å²) in [7, 11) is 1.21. The minimum Gasteiger partial charge on any atom is -0.429 e. The van der Waals surface area contributed by atoms with Gasteiger partial charge in [-0.2, -0.15) is 0 Å². The molecule has 0 bridgehead atoms. The minimum atomic E-state index is -3.02. The van der Waals surface area contributed by atoms with Crippen LogP contribution in [0, 0.1) is 0 Å². The molecule has 0 aliphatic heterocycles. The molecule has 0 spiro atoms. The van der Waals surface area contributed by atoms with Crippen LogP contribution in [0.4, 0.5) is 0 Å². The van der Waals surface area contributed by atoms with Crippen molar-refractivity contribution in [3.63, 3.8) is 0 Å². The van der Waals surface area contributed by atoms with Crippen LogP contribution in [-0.2, 0) is 22.8 Å². The monoisotopic (exact) mass is 206 g/mol. The van der Waals surface area contributed by atoms with Crippen molar-refractivity contribution in [1.29, 1.82) is 0 Å². The topological polar surface area (TPSA) is 54.0 Å². The van der Waals surface area contributed by atoms with E-state index in [2.05, 4.69) is 6.58 Å². The minimum absolute atomic E-state index is 0.0903.